The monoisotopic (exact) mass is 419 g/mol. The first-order valence-corrected chi connectivity index (χ1v) is 10.7. The summed E-state index contributed by atoms with van der Waals surface area (Å²) >= 11 is 1.70. The van der Waals surface area contributed by atoms with Gasteiger partial charge in [0, 0.05) is 11.4 Å². The number of carbonyl (C=O) groups is 4. The summed E-state index contributed by atoms with van der Waals surface area (Å²) < 4.78 is 4.91. The standard InChI is InChI=1S/C20H25N3O5S/c24-16(21-11-6-12-29-15-7-2-1-3-8-15)14-28-17(25)13-23-18(26)20(22-19(23)27)9-4-5-10-20/h1-3,7-8H,4-6,9-14H2,(H,21,24)(H,22,27). The Hall–Kier alpha value is -2.55. The van der Waals surface area contributed by atoms with Crippen molar-refractivity contribution in [3.8, 4) is 0 Å². The van der Waals surface area contributed by atoms with Gasteiger partial charge in [0.25, 0.3) is 11.8 Å². The highest BCUT2D eigenvalue weighted by atomic mass is 32.2. The van der Waals surface area contributed by atoms with Crippen molar-refractivity contribution < 1.29 is 23.9 Å². The Morgan fingerprint density at radius 1 is 1.17 bits per heavy atom. The summed E-state index contributed by atoms with van der Waals surface area (Å²) in [7, 11) is 0. The molecule has 3 rings (SSSR count). The molecule has 156 valence electrons. The molecule has 1 aromatic carbocycles. The second-order valence-corrected chi connectivity index (χ2v) is 8.30. The SMILES string of the molecule is O=C(COC(=O)CN1C(=O)NC2(CCCC2)C1=O)NCCCSc1ccccc1. The van der Waals surface area contributed by atoms with E-state index in [1.165, 1.54) is 4.90 Å². The molecule has 1 aliphatic heterocycles. The molecule has 2 aliphatic rings. The van der Waals surface area contributed by atoms with Crippen molar-refractivity contribution in [2.24, 2.45) is 0 Å². The average Bonchev–Trinajstić information content (AvgIpc) is 3.27. The summed E-state index contributed by atoms with van der Waals surface area (Å²) in [6.45, 7) is -0.432. The molecular formula is C20H25N3O5S. The van der Waals surface area contributed by atoms with Crippen LogP contribution in [0.4, 0.5) is 4.79 Å². The first kappa shape index (κ1) is 21.2. The number of carbonyl (C=O) groups excluding carboxylic acids is 4. The molecule has 1 heterocycles. The number of ether oxygens (including phenoxy) is 1. The summed E-state index contributed by atoms with van der Waals surface area (Å²) in [4.78, 5) is 50.3. The van der Waals surface area contributed by atoms with Gasteiger partial charge in [0.2, 0.25) is 0 Å². The van der Waals surface area contributed by atoms with E-state index in [2.05, 4.69) is 10.6 Å². The van der Waals surface area contributed by atoms with Gasteiger partial charge in [-0.25, -0.2) is 4.79 Å². The van der Waals surface area contributed by atoms with Crippen LogP contribution in [-0.2, 0) is 19.1 Å². The van der Waals surface area contributed by atoms with Gasteiger partial charge in [0.1, 0.15) is 12.1 Å². The summed E-state index contributed by atoms with van der Waals surface area (Å²) in [5.41, 5.74) is -0.855. The molecule has 4 amide bonds. The number of urea groups is 1. The zero-order chi connectivity index (χ0) is 20.7. The van der Waals surface area contributed by atoms with Crippen molar-refractivity contribution in [1.82, 2.24) is 15.5 Å². The Morgan fingerprint density at radius 2 is 1.90 bits per heavy atom. The van der Waals surface area contributed by atoms with Crippen LogP contribution in [0.3, 0.4) is 0 Å². The third-order valence-electron chi connectivity index (χ3n) is 5.01. The van der Waals surface area contributed by atoms with Crippen LogP contribution in [0, 0.1) is 0 Å². The zero-order valence-corrected chi connectivity index (χ0v) is 17.0. The van der Waals surface area contributed by atoms with Crippen LogP contribution in [0.1, 0.15) is 32.1 Å². The van der Waals surface area contributed by atoms with Crippen molar-refractivity contribution in [2.45, 2.75) is 42.5 Å². The lowest BCUT2D eigenvalue weighted by Gasteiger charge is -2.19. The van der Waals surface area contributed by atoms with E-state index in [0.29, 0.717) is 19.4 Å². The third kappa shape index (κ3) is 5.50. The molecule has 9 heteroatoms. The van der Waals surface area contributed by atoms with Crippen LogP contribution in [0.5, 0.6) is 0 Å². The van der Waals surface area contributed by atoms with E-state index in [4.69, 9.17) is 4.74 Å². The van der Waals surface area contributed by atoms with Crippen LogP contribution in [-0.4, -0.2) is 59.7 Å². The molecular weight excluding hydrogens is 394 g/mol. The second-order valence-electron chi connectivity index (χ2n) is 7.14. The van der Waals surface area contributed by atoms with Gasteiger partial charge in [-0.15, -0.1) is 11.8 Å². The third-order valence-corrected chi connectivity index (χ3v) is 6.11. The van der Waals surface area contributed by atoms with E-state index in [9.17, 15) is 19.2 Å². The first-order chi connectivity index (χ1) is 14.0. The lowest BCUT2D eigenvalue weighted by Crippen LogP contribution is -2.44. The number of amides is 4. The Balaban J connectivity index is 1.30. The largest absolute Gasteiger partial charge is 0.454 e. The molecule has 0 unspecified atom stereocenters. The zero-order valence-electron chi connectivity index (χ0n) is 16.1. The van der Waals surface area contributed by atoms with Gasteiger partial charge >= 0.3 is 12.0 Å². The van der Waals surface area contributed by atoms with E-state index >= 15 is 0 Å². The van der Waals surface area contributed by atoms with Crippen molar-refractivity contribution in [2.75, 3.05) is 25.4 Å². The number of imide groups is 1. The van der Waals surface area contributed by atoms with Gasteiger partial charge in [-0.05, 0) is 37.1 Å². The molecule has 0 aromatic heterocycles. The van der Waals surface area contributed by atoms with Crippen molar-refractivity contribution in [3.05, 3.63) is 30.3 Å². The molecule has 2 fully saturated rings. The Kier molecular flexibility index (Phi) is 7.13. The quantitative estimate of drug-likeness (QED) is 0.273. The van der Waals surface area contributed by atoms with E-state index in [0.717, 1.165) is 29.9 Å². The van der Waals surface area contributed by atoms with Crippen molar-refractivity contribution >= 4 is 35.6 Å². The molecule has 1 aromatic rings. The number of hydrogen-bond acceptors (Lipinski definition) is 6. The lowest BCUT2D eigenvalue weighted by molar-refractivity contribution is -0.151. The van der Waals surface area contributed by atoms with E-state index in [1.54, 1.807) is 11.8 Å². The number of nitrogens with zero attached hydrogens (tertiary/aromatic N) is 1. The number of thioether (sulfide) groups is 1. The molecule has 1 saturated heterocycles. The van der Waals surface area contributed by atoms with Crippen LogP contribution >= 0.6 is 11.8 Å². The van der Waals surface area contributed by atoms with Crippen LogP contribution in [0.15, 0.2) is 35.2 Å². The molecule has 2 N–H and O–H groups in total. The topological polar surface area (TPSA) is 105 Å². The number of nitrogens with one attached hydrogen (secondary N) is 2. The van der Waals surface area contributed by atoms with Crippen LogP contribution in [0.25, 0.3) is 0 Å². The van der Waals surface area contributed by atoms with Gasteiger partial charge < -0.3 is 15.4 Å². The Labute approximate surface area is 173 Å². The number of benzene rings is 1. The van der Waals surface area contributed by atoms with Gasteiger partial charge in [-0.3, -0.25) is 19.3 Å². The predicted octanol–water partition coefficient (Wildman–Crippen LogP) is 1.69. The molecule has 1 aliphatic carbocycles. The molecule has 0 bridgehead atoms. The van der Waals surface area contributed by atoms with E-state index in [-0.39, 0.29) is 5.91 Å². The summed E-state index contributed by atoms with van der Waals surface area (Å²) in [6, 6.07) is 9.40. The maximum absolute atomic E-state index is 12.5. The molecule has 1 saturated carbocycles. The normalized spacial score (nSPS) is 17.4. The molecule has 0 atom stereocenters. The van der Waals surface area contributed by atoms with Gasteiger partial charge in [0.15, 0.2) is 6.61 Å². The summed E-state index contributed by atoms with van der Waals surface area (Å²) in [5.74, 6) is -0.707. The highest BCUT2D eigenvalue weighted by molar-refractivity contribution is 7.99. The fourth-order valence-corrected chi connectivity index (χ4v) is 4.39. The minimum Gasteiger partial charge on any atom is -0.454 e. The maximum atomic E-state index is 12.5. The van der Waals surface area contributed by atoms with Gasteiger partial charge in [-0.2, -0.15) is 0 Å². The van der Waals surface area contributed by atoms with Gasteiger partial charge in [-0.1, -0.05) is 31.0 Å². The van der Waals surface area contributed by atoms with E-state index in [1.807, 2.05) is 30.3 Å². The Bertz CT molecular complexity index is 765. The van der Waals surface area contributed by atoms with Crippen molar-refractivity contribution in [1.29, 1.82) is 0 Å². The fraction of sp³-hybridized carbons (Fsp3) is 0.500. The summed E-state index contributed by atoms with van der Waals surface area (Å²) in [5, 5.41) is 5.39. The number of hydrogen-bond donors (Lipinski definition) is 2. The average molecular weight is 420 g/mol. The highest BCUT2D eigenvalue weighted by Crippen LogP contribution is 2.34. The molecule has 8 nitrogen and oxygen atoms in total. The molecule has 29 heavy (non-hydrogen) atoms. The summed E-state index contributed by atoms with van der Waals surface area (Å²) in [6.07, 6.45) is 3.70. The highest BCUT2D eigenvalue weighted by Gasteiger charge is 2.52. The molecule has 1 spiro atoms. The fourth-order valence-electron chi connectivity index (χ4n) is 3.52. The first-order valence-electron chi connectivity index (χ1n) is 9.74. The molecule has 0 radical (unpaired) electrons. The predicted molar refractivity (Wildman–Crippen MR) is 107 cm³/mol. The van der Waals surface area contributed by atoms with Crippen LogP contribution < -0.4 is 10.6 Å². The number of esters is 1. The minimum absolute atomic E-state index is 0.377. The minimum atomic E-state index is -0.855. The van der Waals surface area contributed by atoms with Gasteiger partial charge in [0.05, 0.1) is 0 Å². The van der Waals surface area contributed by atoms with Crippen molar-refractivity contribution in [3.63, 3.8) is 0 Å². The maximum Gasteiger partial charge on any atom is 0.326 e. The number of rotatable bonds is 9. The van der Waals surface area contributed by atoms with E-state index < -0.39 is 36.6 Å². The van der Waals surface area contributed by atoms with Crippen LogP contribution in [0.2, 0.25) is 0 Å². The smallest absolute Gasteiger partial charge is 0.326 e. The second kappa shape index (κ2) is 9.78. The Morgan fingerprint density at radius 3 is 2.62 bits per heavy atom. The lowest BCUT2D eigenvalue weighted by atomic mass is 9.98.